The molecule has 2 aromatic carbocycles. The minimum Gasteiger partial charge on any atom is -0.298 e. The molecule has 0 unspecified atom stereocenters. The number of hydrogen-bond donors (Lipinski definition) is 0. The Morgan fingerprint density at radius 3 is 2.23 bits per heavy atom. The van der Waals surface area contributed by atoms with Crippen LogP contribution in [-0.2, 0) is 11.0 Å². The molecule has 0 spiro atoms. The van der Waals surface area contributed by atoms with Crippen molar-refractivity contribution in [2.24, 2.45) is 0 Å². The van der Waals surface area contributed by atoms with Crippen molar-refractivity contribution < 1.29 is 27.6 Å². The summed E-state index contributed by atoms with van der Waals surface area (Å²) in [6.45, 7) is 0. The molecule has 0 bridgehead atoms. The molecule has 8 heteroatoms. The van der Waals surface area contributed by atoms with Gasteiger partial charge in [0, 0.05) is 5.56 Å². The average molecular weight is 377 g/mol. The number of anilines is 1. The molecule has 1 aliphatic rings. The molecule has 0 N–H and O–H groups in total. The molecule has 2 amide bonds. The normalized spacial score (nSPS) is 16.4. The van der Waals surface area contributed by atoms with E-state index in [0.717, 1.165) is 18.2 Å². The van der Waals surface area contributed by atoms with Crippen LogP contribution in [-0.4, -0.2) is 17.4 Å². The van der Waals surface area contributed by atoms with Gasteiger partial charge in [-0.2, -0.15) is 13.2 Å². The molecular formula is C18H10F3NO3S. The Balaban J connectivity index is 1.91. The molecule has 3 rings (SSSR count). The number of amides is 2. The second-order valence-electron chi connectivity index (χ2n) is 5.35. The first kappa shape index (κ1) is 17.9. The lowest BCUT2D eigenvalue weighted by Gasteiger charge is -2.14. The second kappa shape index (κ2) is 6.80. The van der Waals surface area contributed by atoms with E-state index in [-0.39, 0.29) is 10.6 Å². The minimum atomic E-state index is -4.58. The third-order valence-corrected chi connectivity index (χ3v) is 4.47. The molecule has 0 aliphatic carbocycles. The third kappa shape index (κ3) is 3.55. The van der Waals surface area contributed by atoms with Gasteiger partial charge in [-0.15, -0.1) is 0 Å². The molecule has 0 aromatic heterocycles. The van der Waals surface area contributed by atoms with E-state index in [1.54, 1.807) is 24.3 Å². The van der Waals surface area contributed by atoms with Crippen molar-refractivity contribution in [3.05, 3.63) is 70.1 Å². The Hall–Kier alpha value is -2.87. The number of nitrogens with zero attached hydrogens (tertiary/aromatic N) is 1. The van der Waals surface area contributed by atoms with Crippen molar-refractivity contribution >= 4 is 41.0 Å². The van der Waals surface area contributed by atoms with Gasteiger partial charge in [-0.3, -0.25) is 14.4 Å². The SMILES string of the molecule is O=Cc1ccc(C=C2SC(=O)N(c3cccc(C(F)(F)F)c3)C2=O)cc1. The van der Waals surface area contributed by atoms with E-state index >= 15 is 0 Å². The maximum Gasteiger partial charge on any atom is 0.416 e. The second-order valence-corrected chi connectivity index (χ2v) is 6.34. The lowest BCUT2D eigenvalue weighted by molar-refractivity contribution is -0.137. The monoisotopic (exact) mass is 377 g/mol. The van der Waals surface area contributed by atoms with Crippen LogP contribution in [0.15, 0.2) is 53.4 Å². The summed E-state index contributed by atoms with van der Waals surface area (Å²) in [7, 11) is 0. The molecule has 1 fully saturated rings. The number of halogens is 3. The summed E-state index contributed by atoms with van der Waals surface area (Å²) in [5.41, 5.74) is -0.0335. The molecule has 26 heavy (non-hydrogen) atoms. The maximum absolute atomic E-state index is 12.8. The fraction of sp³-hybridized carbons (Fsp3) is 0.0556. The molecule has 2 aromatic rings. The molecule has 1 aliphatic heterocycles. The van der Waals surface area contributed by atoms with Gasteiger partial charge in [-0.25, -0.2) is 4.90 Å². The molecule has 132 valence electrons. The van der Waals surface area contributed by atoms with Gasteiger partial charge in [0.05, 0.1) is 16.2 Å². The highest BCUT2D eigenvalue weighted by Crippen LogP contribution is 2.38. The van der Waals surface area contributed by atoms with Crippen LogP contribution in [0.25, 0.3) is 6.08 Å². The van der Waals surface area contributed by atoms with E-state index in [1.165, 1.54) is 12.1 Å². The maximum atomic E-state index is 12.8. The largest absolute Gasteiger partial charge is 0.416 e. The standard InChI is InChI=1S/C18H10F3NO3S/c19-18(20,21)13-2-1-3-14(9-13)22-16(24)15(26-17(22)25)8-11-4-6-12(10-23)7-5-11/h1-10H. The summed E-state index contributed by atoms with van der Waals surface area (Å²) in [5.74, 6) is -0.696. The molecule has 0 radical (unpaired) electrons. The van der Waals surface area contributed by atoms with E-state index in [4.69, 9.17) is 0 Å². The number of aldehydes is 1. The number of imide groups is 1. The van der Waals surface area contributed by atoms with Gasteiger partial charge in [0.15, 0.2) is 0 Å². The zero-order valence-corrected chi connectivity index (χ0v) is 13.8. The zero-order chi connectivity index (χ0) is 18.9. The summed E-state index contributed by atoms with van der Waals surface area (Å²) < 4.78 is 38.5. The number of thioether (sulfide) groups is 1. The lowest BCUT2D eigenvalue weighted by atomic mass is 10.1. The summed E-state index contributed by atoms with van der Waals surface area (Å²) in [4.78, 5) is 36.1. The van der Waals surface area contributed by atoms with Crippen LogP contribution >= 0.6 is 11.8 Å². The van der Waals surface area contributed by atoms with Crippen LogP contribution in [0.4, 0.5) is 23.7 Å². The van der Waals surface area contributed by atoms with Gasteiger partial charge in [0.25, 0.3) is 11.1 Å². The van der Waals surface area contributed by atoms with Crippen LogP contribution in [0.5, 0.6) is 0 Å². The Morgan fingerprint density at radius 2 is 1.62 bits per heavy atom. The first-order valence-electron chi connectivity index (χ1n) is 7.30. The van der Waals surface area contributed by atoms with Gasteiger partial charge in [-0.05, 0) is 41.6 Å². The lowest BCUT2D eigenvalue weighted by Crippen LogP contribution is -2.28. The summed E-state index contributed by atoms with van der Waals surface area (Å²) in [6.07, 6.45) is -2.45. The van der Waals surface area contributed by atoms with Gasteiger partial charge in [-0.1, -0.05) is 30.3 Å². The number of carbonyl (C=O) groups excluding carboxylic acids is 3. The fourth-order valence-corrected chi connectivity index (χ4v) is 3.18. The topological polar surface area (TPSA) is 54.5 Å². The molecule has 1 saturated heterocycles. The molecule has 0 saturated carbocycles. The Labute approximate surface area is 150 Å². The number of alkyl halides is 3. The van der Waals surface area contributed by atoms with E-state index in [0.29, 0.717) is 34.1 Å². The number of carbonyl (C=O) groups is 3. The predicted octanol–water partition coefficient (Wildman–Crippen LogP) is 4.76. The van der Waals surface area contributed by atoms with Gasteiger partial charge >= 0.3 is 6.18 Å². The van der Waals surface area contributed by atoms with Crippen molar-refractivity contribution in [1.82, 2.24) is 0 Å². The molecule has 1 heterocycles. The highest BCUT2D eigenvalue weighted by atomic mass is 32.2. The average Bonchev–Trinajstić information content (AvgIpc) is 2.88. The predicted molar refractivity (Wildman–Crippen MR) is 91.7 cm³/mol. The van der Waals surface area contributed by atoms with E-state index in [9.17, 15) is 27.6 Å². The number of hydrogen-bond acceptors (Lipinski definition) is 4. The highest BCUT2D eigenvalue weighted by Gasteiger charge is 2.38. The van der Waals surface area contributed by atoms with E-state index in [1.807, 2.05) is 0 Å². The number of rotatable bonds is 3. The quantitative estimate of drug-likeness (QED) is 0.572. The van der Waals surface area contributed by atoms with Crippen LogP contribution < -0.4 is 4.90 Å². The molecular weight excluding hydrogens is 367 g/mol. The Bertz CT molecular complexity index is 920. The van der Waals surface area contributed by atoms with Crippen molar-refractivity contribution in [2.45, 2.75) is 6.18 Å². The van der Waals surface area contributed by atoms with Gasteiger partial charge in [0.2, 0.25) is 0 Å². The summed E-state index contributed by atoms with van der Waals surface area (Å²) in [5, 5.41) is -0.676. The van der Waals surface area contributed by atoms with Crippen molar-refractivity contribution in [3.63, 3.8) is 0 Å². The first-order chi connectivity index (χ1) is 12.3. The van der Waals surface area contributed by atoms with Crippen molar-refractivity contribution in [2.75, 3.05) is 4.90 Å². The molecule has 0 atom stereocenters. The van der Waals surface area contributed by atoms with Crippen LogP contribution in [0.2, 0.25) is 0 Å². The van der Waals surface area contributed by atoms with Crippen molar-refractivity contribution in [1.29, 1.82) is 0 Å². The summed E-state index contributed by atoms with van der Waals surface area (Å²) >= 11 is 0.643. The Morgan fingerprint density at radius 1 is 0.962 bits per heavy atom. The fourth-order valence-electron chi connectivity index (χ4n) is 2.33. The first-order valence-corrected chi connectivity index (χ1v) is 8.12. The highest BCUT2D eigenvalue weighted by molar-refractivity contribution is 8.19. The minimum absolute atomic E-state index is 0.0891. The van der Waals surface area contributed by atoms with E-state index < -0.39 is 22.9 Å². The van der Waals surface area contributed by atoms with E-state index in [2.05, 4.69) is 0 Å². The Kier molecular flexibility index (Phi) is 4.69. The van der Waals surface area contributed by atoms with Crippen LogP contribution in [0.3, 0.4) is 0 Å². The van der Waals surface area contributed by atoms with Gasteiger partial charge in [0.1, 0.15) is 6.29 Å². The summed E-state index contributed by atoms with van der Waals surface area (Å²) in [6, 6.07) is 10.3. The number of benzene rings is 2. The zero-order valence-electron chi connectivity index (χ0n) is 13.0. The third-order valence-electron chi connectivity index (χ3n) is 3.60. The molecule has 4 nitrogen and oxygen atoms in total. The van der Waals surface area contributed by atoms with Crippen molar-refractivity contribution in [3.8, 4) is 0 Å². The van der Waals surface area contributed by atoms with Crippen LogP contribution in [0, 0.1) is 0 Å². The van der Waals surface area contributed by atoms with Gasteiger partial charge < -0.3 is 0 Å². The smallest absolute Gasteiger partial charge is 0.298 e. The van der Waals surface area contributed by atoms with Crippen LogP contribution in [0.1, 0.15) is 21.5 Å².